The van der Waals surface area contributed by atoms with Gasteiger partial charge in [0.15, 0.2) is 12.0 Å². The quantitative estimate of drug-likeness (QED) is 0.377. The van der Waals surface area contributed by atoms with Crippen molar-refractivity contribution in [1.82, 2.24) is 14.7 Å². The topological polar surface area (TPSA) is 67.1 Å². The normalized spacial score (nSPS) is 23.0. The second-order valence-electron chi connectivity index (χ2n) is 12.0. The lowest BCUT2D eigenvalue weighted by Crippen LogP contribution is -2.57. The molecule has 0 N–H and O–H groups in total. The van der Waals surface area contributed by atoms with Gasteiger partial charge in [0, 0.05) is 37.8 Å². The molecule has 3 aromatic rings. The Morgan fingerprint density at radius 1 is 1.02 bits per heavy atom. The first-order chi connectivity index (χ1) is 19.9. The molecule has 2 saturated heterocycles. The molecule has 42 heavy (non-hydrogen) atoms. The molecule has 2 fully saturated rings. The van der Waals surface area contributed by atoms with Crippen molar-refractivity contribution in [3.8, 4) is 0 Å². The Morgan fingerprint density at radius 3 is 2.50 bits per heavy atom. The Bertz CT molecular complexity index is 1520. The van der Waals surface area contributed by atoms with Crippen molar-refractivity contribution in [2.75, 3.05) is 51.8 Å². The fourth-order valence-electron chi connectivity index (χ4n) is 7.24. The van der Waals surface area contributed by atoms with Crippen LogP contribution in [0.25, 0.3) is 10.8 Å². The average molecular weight is 570 g/mol. The first kappa shape index (κ1) is 28.4. The monoisotopic (exact) mass is 569 g/mol. The number of halogens is 1. The van der Waals surface area contributed by atoms with Crippen LogP contribution in [0.2, 0.25) is 0 Å². The van der Waals surface area contributed by atoms with Gasteiger partial charge in [-0.2, -0.15) is 5.11 Å². The predicted molar refractivity (Wildman–Crippen MR) is 165 cm³/mol. The molecule has 9 heteroatoms. The molecule has 1 unspecified atom stereocenters. The number of benzene rings is 3. The number of likely N-dealkylation sites (N-methyl/N-ethyl adjacent to an activating group) is 1. The van der Waals surface area contributed by atoms with E-state index < -0.39 is 5.54 Å². The van der Waals surface area contributed by atoms with E-state index in [2.05, 4.69) is 61.4 Å². The summed E-state index contributed by atoms with van der Waals surface area (Å²) in [4.78, 5) is 27.6. The van der Waals surface area contributed by atoms with E-state index in [4.69, 9.17) is 0 Å². The van der Waals surface area contributed by atoms with Crippen LogP contribution in [0.5, 0.6) is 0 Å². The van der Waals surface area contributed by atoms with Crippen LogP contribution in [0.3, 0.4) is 0 Å². The summed E-state index contributed by atoms with van der Waals surface area (Å²) in [5, 5.41) is 11.3. The van der Waals surface area contributed by atoms with Gasteiger partial charge < -0.3 is 14.7 Å². The van der Waals surface area contributed by atoms with Gasteiger partial charge in [0.2, 0.25) is 5.91 Å². The molecule has 3 aliphatic heterocycles. The Kier molecular flexibility index (Phi) is 7.57. The van der Waals surface area contributed by atoms with Gasteiger partial charge in [-0.05, 0) is 79.5 Å². The maximum absolute atomic E-state index is 14.2. The maximum atomic E-state index is 14.2. The molecule has 7 rings (SSSR count). The summed E-state index contributed by atoms with van der Waals surface area (Å²) in [5.41, 5.74) is 3.08. The number of anilines is 1. The molecule has 0 bridgehead atoms. The van der Waals surface area contributed by atoms with Gasteiger partial charge in [0.05, 0.1) is 13.2 Å². The molecule has 0 saturated carbocycles. The average Bonchev–Trinajstić information content (AvgIpc) is 3.65. The number of amidine groups is 1. The van der Waals surface area contributed by atoms with Crippen molar-refractivity contribution >= 4 is 28.2 Å². The number of aliphatic imine (C=N–C) groups is 1. The SMILES string of the molecule is C.CN(C)CC1=NC(CCN2CN(c3ccc(F)cc3)C3(CCN([C@@H]4Cc5cccc6cccc4c56)CC3)C2=O)N=N1. The van der Waals surface area contributed by atoms with E-state index in [1.165, 1.54) is 34.0 Å². The fourth-order valence-corrected chi connectivity index (χ4v) is 7.24. The van der Waals surface area contributed by atoms with E-state index in [0.717, 1.165) is 43.9 Å². The van der Waals surface area contributed by atoms with Gasteiger partial charge in [-0.3, -0.25) is 9.69 Å². The van der Waals surface area contributed by atoms with Crippen LogP contribution < -0.4 is 4.90 Å². The molecule has 2 atom stereocenters. The Balaban J connectivity index is 0.00000316. The van der Waals surface area contributed by atoms with E-state index in [1.54, 1.807) is 12.1 Å². The second-order valence-corrected chi connectivity index (χ2v) is 12.0. The molecule has 1 aliphatic carbocycles. The molecule has 3 heterocycles. The third-order valence-electron chi connectivity index (χ3n) is 9.23. The number of nitrogens with zero attached hydrogens (tertiary/aromatic N) is 7. The molecule has 220 valence electrons. The van der Waals surface area contributed by atoms with Crippen LogP contribution in [-0.4, -0.2) is 85.1 Å². The predicted octanol–water partition coefficient (Wildman–Crippen LogP) is 5.50. The molecule has 3 aromatic carbocycles. The molecule has 4 aliphatic rings. The van der Waals surface area contributed by atoms with Crippen LogP contribution in [0.4, 0.5) is 10.1 Å². The zero-order valence-electron chi connectivity index (χ0n) is 23.7. The standard InChI is InChI=1S/C32H36FN7O.CH4/c1-37(2)20-29-34-28(35-36-29)13-16-39-21-40(25-11-9-24(33)10-12-25)32(31(39)41)14-17-38(18-15-32)27-19-23-7-3-5-22-6-4-8-26(27)30(22)23;/h3-12,27-28H,13-21H2,1-2H3;1H4/t27-,28?;/m1./s1. The highest BCUT2D eigenvalue weighted by Gasteiger charge is 2.54. The number of azo groups is 1. The molecule has 0 radical (unpaired) electrons. The van der Waals surface area contributed by atoms with Crippen molar-refractivity contribution in [1.29, 1.82) is 0 Å². The maximum Gasteiger partial charge on any atom is 0.250 e. The zero-order valence-corrected chi connectivity index (χ0v) is 23.7. The minimum absolute atomic E-state index is 0. The summed E-state index contributed by atoms with van der Waals surface area (Å²) in [6.45, 7) is 3.37. The van der Waals surface area contributed by atoms with Gasteiger partial charge in [0.1, 0.15) is 11.4 Å². The smallest absolute Gasteiger partial charge is 0.250 e. The summed E-state index contributed by atoms with van der Waals surface area (Å²) in [6.07, 6.45) is 2.86. The summed E-state index contributed by atoms with van der Waals surface area (Å²) < 4.78 is 13.9. The Hall–Kier alpha value is -3.69. The first-order valence-electron chi connectivity index (χ1n) is 14.6. The highest BCUT2D eigenvalue weighted by atomic mass is 19.1. The number of piperidine rings is 1. The van der Waals surface area contributed by atoms with Crippen LogP contribution in [0, 0.1) is 5.82 Å². The minimum Gasteiger partial charge on any atom is -0.339 e. The van der Waals surface area contributed by atoms with Crippen LogP contribution in [-0.2, 0) is 11.2 Å². The number of rotatable bonds is 7. The Morgan fingerprint density at radius 2 is 1.76 bits per heavy atom. The number of carbonyl (C=O) groups is 1. The van der Waals surface area contributed by atoms with Crippen molar-refractivity contribution in [3.05, 3.63) is 77.6 Å². The summed E-state index contributed by atoms with van der Waals surface area (Å²) in [6, 6.07) is 20.2. The highest BCUT2D eigenvalue weighted by molar-refractivity contribution is 5.94. The number of carbonyl (C=O) groups excluding carboxylic acids is 1. The number of likely N-dealkylation sites (tertiary alicyclic amines) is 1. The molecular weight excluding hydrogens is 529 g/mol. The number of amides is 1. The highest BCUT2D eigenvalue weighted by Crippen LogP contribution is 2.45. The van der Waals surface area contributed by atoms with E-state index in [1.807, 2.05) is 23.9 Å². The largest absolute Gasteiger partial charge is 0.339 e. The molecule has 0 aromatic heterocycles. The van der Waals surface area contributed by atoms with Gasteiger partial charge in [-0.25, -0.2) is 9.38 Å². The third-order valence-corrected chi connectivity index (χ3v) is 9.23. The molecule has 1 amide bonds. The lowest BCUT2D eigenvalue weighted by atomic mass is 9.84. The number of hydrogen-bond acceptors (Lipinski definition) is 7. The van der Waals surface area contributed by atoms with E-state index in [-0.39, 0.29) is 25.3 Å². The van der Waals surface area contributed by atoms with E-state index in [9.17, 15) is 9.18 Å². The molecule has 1 spiro atoms. The minimum atomic E-state index is -0.637. The first-order valence-corrected chi connectivity index (χ1v) is 14.6. The van der Waals surface area contributed by atoms with Crippen LogP contribution in [0.1, 0.15) is 43.9 Å². The van der Waals surface area contributed by atoms with Crippen molar-refractivity contribution in [3.63, 3.8) is 0 Å². The van der Waals surface area contributed by atoms with Gasteiger partial charge in [-0.1, -0.05) is 43.8 Å². The lowest BCUT2D eigenvalue weighted by Gasteiger charge is -2.45. The summed E-state index contributed by atoms with van der Waals surface area (Å²) in [5.74, 6) is 0.618. The summed E-state index contributed by atoms with van der Waals surface area (Å²) in [7, 11) is 3.96. The van der Waals surface area contributed by atoms with Crippen molar-refractivity contribution in [2.45, 2.75) is 50.9 Å². The Labute approximate surface area is 247 Å². The van der Waals surface area contributed by atoms with Gasteiger partial charge in [-0.15, -0.1) is 5.11 Å². The molecular formula is C33H40FN7O. The third kappa shape index (κ3) is 4.88. The van der Waals surface area contributed by atoms with E-state index in [0.29, 0.717) is 32.2 Å². The van der Waals surface area contributed by atoms with Gasteiger partial charge in [0.25, 0.3) is 0 Å². The fraction of sp³-hybridized carbons (Fsp3) is 0.455. The number of hydrogen-bond donors (Lipinski definition) is 0. The van der Waals surface area contributed by atoms with Crippen LogP contribution in [0.15, 0.2) is 75.9 Å². The van der Waals surface area contributed by atoms with Crippen LogP contribution >= 0.6 is 0 Å². The van der Waals surface area contributed by atoms with E-state index >= 15 is 0 Å². The van der Waals surface area contributed by atoms with Crippen molar-refractivity contribution < 1.29 is 9.18 Å². The van der Waals surface area contributed by atoms with Crippen molar-refractivity contribution in [2.24, 2.45) is 15.2 Å². The zero-order chi connectivity index (χ0) is 28.1. The molecule has 8 nitrogen and oxygen atoms in total. The van der Waals surface area contributed by atoms with Gasteiger partial charge >= 0.3 is 0 Å². The second kappa shape index (κ2) is 11.2. The lowest BCUT2D eigenvalue weighted by molar-refractivity contribution is -0.133. The summed E-state index contributed by atoms with van der Waals surface area (Å²) >= 11 is 0.